The van der Waals surface area contributed by atoms with Crippen molar-refractivity contribution in [1.82, 2.24) is 5.43 Å². The third kappa shape index (κ3) is 2.47. The number of aryl methyl sites for hydroxylation is 2. The lowest BCUT2D eigenvalue weighted by atomic mass is 10.1. The van der Waals surface area contributed by atoms with Crippen LogP contribution in [-0.2, 0) is 19.3 Å². The molecule has 104 valence electrons. The van der Waals surface area contributed by atoms with Gasteiger partial charge in [0.1, 0.15) is 5.84 Å². The van der Waals surface area contributed by atoms with E-state index in [1.165, 1.54) is 36.0 Å². The smallest absolute Gasteiger partial charge is 0.127 e. The van der Waals surface area contributed by atoms with Crippen molar-refractivity contribution >= 4 is 17.7 Å². The summed E-state index contributed by atoms with van der Waals surface area (Å²) in [4.78, 5) is 4.53. The number of nitrogens with one attached hydrogen (secondary N) is 1. The predicted octanol–water partition coefficient (Wildman–Crippen LogP) is 3.39. The SMILES string of the molecule is C(=N/NC1=Nc2ccccc2C1)/c1ccc2c(c1)CCC2. The minimum atomic E-state index is 0.831. The van der Waals surface area contributed by atoms with Gasteiger partial charge in [-0.05, 0) is 53.6 Å². The number of hydrogen-bond donors (Lipinski definition) is 1. The number of amidine groups is 1. The van der Waals surface area contributed by atoms with Crippen molar-refractivity contribution in [3.63, 3.8) is 0 Å². The summed E-state index contributed by atoms with van der Waals surface area (Å²) in [6.45, 7) is 0. The number of aliphatic imine (C=N–C) groups is 1. The topological polar surface area (TPSA) is 36.8 Å². The van der Waals surface area contributed by atoms with Crippen molar-refractivity contribution < 1.29 is 0 Å². The van der Waals surface area contributed by atoms with Crippen LogP contribution in [0.4, 0.5) is 5.69 Å². The Balaban J connectivity index is 1.44. The standard InChI is InChI=1S/C18H17N3/c1-2-7-17-16(4-1)11-18(20-17)21-19-12-13-8-9-14-5-3-6-15(14)10-13/h1-2,4,7-10,12H,3,5-6,11H2,(H,20,21)/b19-12-. The van der Waals surface area contributed by atoms with Crippen LogP contribution in [-0.4, -0.2) is 12.1 Å². The summed E-state index contributed by atoms with van der Waals surface area (Å²) in [5, 5.41) is 4.33. The Kier molecular flexibility index (Phi) is 3.03. The molecule has 0 saturated carbocycles. The fraction of sp³-hybridized carbons (Fsp3) is 0.222. The second kappa shape index (κ2) is 5.17. The van der Waals surface area contributed by atoms with Crippen LogP contribution < -0.4 is 5.43 Å². The zero-order valence-corrected chi connectivity index (χ0v) is 11.8. The van der Waals surface area contributed by atoms with Crippen molar-refractivity contribution in [2.24, 2.45) is 10.1 Å². The highest BCUT2D eigenvalue weighted by Gasteiger charge is 2.13. The van der Waals surface area contributed by atoms with Gasteiger partial charge in [0, 0.05) is 6.42 Å². The first-order valence-electron chi connectivity index (χ1n) is 7.45. The molecule has 1 aliphatic carbocycles. The summed E-state index contributed by atoms with van der Waals surface area (Å²) >= 11 is 0. The van der Waals surface area contributed by atoms with Gasteiger partial charge in [-0.25, -0.2) is 4.99 Å². The van der Waals surface area contributed by atoms with Gasteiger partial charge in [0.05, 0.1) is 11.9 Å². The molecular formula is C18H17N3. The summed E-state index contributed by atoms with van der Waals surface area (Å²) < 4.78 is 0. The first kappa shape index (κ1) is 12.3. The van der Waals surface area contributed by atoms with Gasteiger partial charge in [0.2, 0.25) is 0 Å². The lowest BCUT2D eigenvalue weighted by Crippen LogP contribution is -2.17. The zero-order chi connectivity index (χ0) is 14.1. The molecule has 21 heavy (non-hydrogen) atoms. The van der Waals surface area contributed by atoms with Crippen molar-refractivity contribution in [2.75, 3.05) is 0 Å². The number of para-hydroxylation sites is 1. The van der Waals surface area contributed by atoms with Gasteiger partial charge in [0.15, 0.2) is 0 Å². The molecule has 0 amide bonds. The molecule has 0 aromatic heterocycles. The van der Waals surface area contributed by atoms with Gasteiger partial charge in [-0.1, -0.05) is 30.3 Å². The van der Waals surface area contributed by atoms with E-state index in [-0.39, 0.29) is 0 Å². The van der Waals surface area contributed by atoms with E-state index in [9.17, 15) is 0 Å². The molecule has 0 unspecified atom stereocenters. The first-order chi connectivity index (χ1) is 10.4. The molecule has 0 fully saturated rings. The number of fused-ring (bicyclic) bond motifs is 2. The first-order valence-corrected chi connectivity index (χ1v) is 7.45. The van der Waals surface area contributed by atoms with Gasteiger partial charge >= 0.3 is 0 Å². The molecule has 4 rings (SSSR count). The van der Waals surface area contributed by atoms with Crippen molar-refractivity contribution in [3.8, 4) is 0 Å². The van der Waals surface area contributed by atoms with E-state index < -0.39 is 0 Å². The van der Waals surface area contributed by atoms with Crippen LogP contribution in [0.5, 0.6) is 0 Å². The maximum Gasteiger partial charge on any atom is 0.127 e. The van der Waals surface area contributed by atoms with E-state index in [1.807, 2.05) is 24.4 Å². The van der Waals surface area contributed by atoms with E-state index in [0.717, 1.165) is 23.5 Å². The molecule has 1 aliphatic heterocycles. The van der Waals surface area contributed by atoms with Crippen LogP contribution in [0.1, 0.15) is 28.7 Å². The summed E-state index contributed by atoms with van der Waals surface area (Å²) in [5.74, 6) is 0.911. The van der Waals surface area contributed by atoms with Crippen LogP contribution >= 0.6 is 0 Å². The maximum atomic E-state index is 4.53. The molecule has 1 N–H and O–H groups in total. The van der Waals surface area contributed by atoms with E-state index in [2.05, 4.69) is 39.8 Å². The summed E-state index contributed by atoms with van der Waals surface area (Å²) in [6.07, 6.45) is 6.41. The zero-order valence-electron chi connectivity index (χ0n) is 11.8. The quantitative estimate of drug-likeness (QED) is 0.662. The second-order valence-electron chi connectivity index (χ2n) is 5.62. The molecule has 1 heterocycles. The molecule has 2 aliphatic rings. The van der Waals surface area contributed by atoms with Gasteiger partial charge in [-0.3, -0.25) is 5.43 Å². The van der Waals surface area contributed by atoms with Gasteiger partial charge < -0.3 is 0 Å². The molecule has 3 nitrogen and oxygen atoms in total. The average molecular weight is 275 g/mol. The maximum absolute atomic E-state index is 4.53. The minimum absolute atomic E-state index is 0.831. The van der Waals surface area contributed by atoms with Gasteiger partial charge in [0.25, 0.3) is 0 Å². The van der Waals surface area contributed by atoms with Crippen LogP contribution in [0.3, 0.4) is 0 Å². The van der Waals surface area contributed by atoms with E-state index in [4.69, 9.17) is 0 Å². The third-order valence-corrected chi connectivity index (χ3v) is 4.13. The Bertz CT molecular complexity index is 744. The Morgan fingerprint density at radius 2 is 1.90 bits per heavy atom. The monoisotopic (exact) mass is 275 g/mol. The third-order valence-electron chi connectivity index (χ3n) is 4.13. The normalized spacial score (nSPS) is 15.9. The minimum Gasteiger partial charge on any atom is -0.265 e. The largest absolute Gasteiger partial charge is 0.265 e. The fourth-order valence-electron chi connectivity index (χ4n) is 3.05. The number of hydrogen-bond acceptors (Lipinski definition) is 3. The van der Waals surface area contributed by atoms with E-state index >= 15 is 0 Å². The van der Waals surface area contributed by atoms with E-state index in [1.54, 1.807) is 0 Å². The average Bonchev–Trinajstić information content (AvgIpc) is 3.12. The lowest BCUT2D eigenvalue weighted by molar-refractivity contribution is 0.912. The molecule has 0 saturated heterocycles. The molecule has 3 heteroatoms. The van der Waals surface area contributed by atoms with Crippen LogP contribution in [0, 0.1) is 0 Å². The molecule has 0 atom stereocenters. The van der Waals surface area contributed by atoms with Crippen molar-refractivity contribution in [2.45, 2.75) is 25.7 Å². The van der Waals surface area contributed by atoms with Gasteiger partial charge in [-0.2, -0.15) is 5.10 Å². The van der Waals surface area contributed by atoms with Crippen molar-refractivity contribution in [3.05, 3.63) is 64.7 Å². The van der Waals surface area contributed by atoms with Crippen LogP contribution in [0.25, 0.3) is 0 Å². The highest BCUT2D eigenvalue weighted by Crippen LogP contribution is 2.25. The van der Waals surface area contributed by atoms with Crippen LogP contribution in [0.2, 0.25) is 0 Å². The molecule has 0 bridgehead atoms. The molecule has 2 aromatic rings. The highest BCUT2D eigenvalue weighted by atomic mass is 15.3. The Hall–Kier alpha value is -2.42. The molecule has 0 radical (unpaired) electrons. The van der Waals surface area contributed by atoms with Crippen molar-refractivity contribution in [1.29, 1.82) is 0 Å². The summed E-state index contributed by atoms with van der Waals surface area (Å²) in [5.41, 5.74) is 9.49. The molecule has 2 aromatic carbocycles. The Morgan fingerprint density at radius 3 is 2.86 bits per heavy atom. The summed E-state index contributed by atoms with van der Waals surface area (Å²) in [6, 6.07) is 14.8. The summed E-state index contributed by atoms with van der Waals surface area (Å²) in [7, 11) is 0. The molecule has 0 spiro atoms. The fourth-order valence-corrected chi connectivity index (χ4v) is 3.05. The highest BCUT2D eigenvalue weighted by molar-refractivity contribution is 5.93. The number of benzene rings is 2. The second-order valence-corrected chi connectivity index (χ2v) is 5.62. The van der Waals surface area contributed by atoms with Crippen LogP contribution in [0.15, 0.2) is 52.6 Å². The number of nitrogens with zero attached hydrogens (tertiary/aromatic N) is 2. The van der Waals surface area contributed by atoms with E-state index in [0.29, 0.717) is 0 Å². The number of rotatable bonds is 2. The Morgan fingerprint density at radius 1 is 1.00 bits per heavy atom. The molecular weight excluding hydrogens is 258 g/mol. The Labute approximate surface area is 124 Å². The van der Waals surface area contributed by atoms with Gasteiger partial charge in [-0.15, -0.1) is 0 Å². The number of hydrazone groups is 1. The predicted molar refractivity (Wildman–Crippen MR) is 86.4 cm³/mol. The lowest BCUT2D eigenvalue weighted by Gasteiger charge is -2.01.